The van der Waals surface area contributed by atoms with Crippen molar-refractivity contribution in [3.8, 4) is 0 Å². The molecule has 188 valence electrons. The zero-order chi connectivity index (χ0) is 26.1. The average Bonchev–Trinajstić information content (AvgIpc) is 3.20. The van der Waals surface area contributed by atoms with Crippen molar-refractivity contribution in [1.82, 2.24) is 15.2 Å². The zero-order valence-electron chi connectivity index (χ0n) is 18.6. The number of nitrogens with two attached hydrogens (primary N) is 1. The Kier molecular flexibility index (Phi) is 7.35. The number of nitrogens with one attached hydrogen (secondary N) is 1. The number of ether oxygens (including phenoxy) is 1. The summed E-state index contributed by atoms with van der Waals surface area (Å²) in [4.78, 5) is 70.1. The molecule has 1 saturated heterocycles. The summed E-state index contributed by atoms with van der Waals surface area (Å²) < 4.78 is 4.88. The zero-order valence-corrected chi connectivity index (χ0v) is 20.3. The number of carbonyl (C=O) groups excluding carboxylic acids is 3. The molecule has 1 fully saturated rings. The number of carboxylic acid groups (broad SMARTS) is 2. The number of hydrogen-bond acceptors (Lipinski definition) is 12. The van der Waals surface area contributed by atoms with Crippen molar-refractivity contribution in [3.05, 3.63) is 22.3 Å². The van der Waals surface area contributed by atoms with Crippen LogP contribution in [-0.2, 0) is 33.5 Å². The minimum Gasteiger partial charge on any atom is -0.478 e. The molecule has 0 bridgehead atoms. The number of oxime groups is 1. The van der Waals surface area contributed by atoms with Crippen molar-refractivity contribution >= 4 is 63.7 Å². The molecule has 0 saturated carbocycles. The standard InChI is InChI=1S/C19H21N5O9S2/c1-7(25)32-4-8-5-34-15-11(14(27)24(15)12(8)16(28)29)22-13(26)10(9-6-35-18(20)21-9)23-33-19(2,3)17(30)31/h6,11,15H,4-5H2,1-3H3,(H2,20,21)(H,22,26)(H,28,29)(H,30,31)/b23-10+/t11-,15-/m1/s1. The molecule has 0 aliphatic carbocycles. The Morgan fingerprint density at radius 3 is 2.57 bits per heavy atom. The maximum atomic E-state index is 13.0. The van der Waals surface area contributed by atoms with E-state index in [9.17, 15) is 34.2 Å². The summed E-state index contributed by atoms with van der Waals surface area (Å²) in [6, 6.07) is -1.11. The minimum absolute atomic E-state index is 0.000836. The van der Waals surface area contributed by atoms with Crippen molar-refractivity contribution in [2.45, 2.75) is 37.8 Å². The predicted octanol–water partition coefficient (Wildman–Crippen LogP) is -0.389. The molecule has 0 aromatic carbocycles. The monoisotopic (exact) mass is 527 g/mol. The van der Waals surface area contributed by atoms with Crippen molar-refractivity contribution in [1.29, 1.82) is 0 Å². The summed E-state index contributed by atoms with van der Waals surface area (Å²) >= 11 is 2.18. The Morgan fingerprint density at radius 1 is 1.34 bits per heavy atom. The van der Waals surface area contributed by atoms with Crippen molar-refractivity contribution in [2.24, 2.45) is 5.16 Å². The molecular weight excluding hydrogens is 506 g/mol. The normalized spacial score (nSPS) is 20.0. The fourth-order valence-corrected chi connectivity index (χ4v) is 4.87. The maximum absolute atomic E-state index is 13.0. The number of esters is 1. The third-order valence-electron chi connectivity index (χ3n) is 4.85. The highest BCUT2D eigenvalue weighted by atomic mass is 32.2. The third kappa shape index (κ3) is 5.37. The Hall–Kier alpha value is -3.66. The third-order valence-corrected chi connectivity index (χ3v) is 6.86. The first kappa shape index (κ1) is 26.0. The summed E-state index contributed by atoms with van der Waals surface area (Å²) in [5, 5.41) is 25.8. The van der Waals surface area contributed by atoms with Gasteiger partial charge in [-0.15, -0.1) is 23.1 Å². The molecule has 0 radical (unpaired) electrons. The van der Waals surface area contributed by atoms with Gasteiger partial charge in [0.05, 0.1) is 0 Å². The first-order valence-electron chi connectivity index (χ1n) is 9.88. The van der Waals surface area contributed by atoms with Crippen molar-refractivity contribution in [3.63, 3.8) is 0 Å². The number of carboxylic acids is 2. The number of hydrogen-bond donors (Lipinski definition) is 4. The van der Waals surface area contributed by atoms with Gasteiger partial charge in [0.1, 0.15) is 29.4 Å². The Morgan fingerprint density at radius 2 is 2.03 bits per heavy atom. The molecule has 1 aromatic rings. The highest BCUT2D eigenvalue weighted by molar-refractivity contribution is 8.00. The minimum atomic E-state index is -1.77. The summed E-state index contributed by atoms with van der Waals surface area (Å²) in [5.41, 5.74) is 3.38. The topological polar surface area (TPSA) is 211 Å². The molecule has 14 nitrogen and oxygen atoms in total. The van der Waals surface area contributed by atoms with E-state index in [-0.39, 0.29) is 34.5 Å². The lowest BCUT2D eigenvalue weighted by Gasteiger charge is -2.49. The number of thiazole rings is 1. The van der Waals surface area contributed by atoms with Gasteiger partial charge >= 0.3 is 17.9 Å². The van der Waals surface area contributed by atoms with Gasteiger partial charge in [0.25, 0.3) is 11.8 Å². The fraction of sp³-hybridized carbons (Fsp3) is 0.421. The number of nitrogen functional groups attached to an aromatic ring is 1. The SMILES string of the molecule is CC(=O)OCC1=C(C(=O)O)N2C(=O)[C@@H](NC(=O)/C(=N/OC(C)(C)C(=O)O)c3csc(N)n3)[C@H]2SC1. The number of amides is 2. The van der Waals surface area contributed by atoms with Gasteiger partial charge < -0.3 is 30.8 Å². The van der Waals surface area contributed by atoms with E-state index in [4.69, 9.17) is 15.3 Å². The van der Waals surface area contributed by atoms with Crippen LogP contribution in [0, 0.1) is 0 Å². The fourth-order valence-electron chi connectivity index (χ4n) is 2.99. The highest BCUT2D eigenvalue weighted by Gasteiger charge is 2.54. The smallest absolute Gasteiger partial charge is 0.352 e. The number of rotatable bonds is 9. The quantitative estimate of drug-likeness (QED) is 0.140. The van der Waals surface area contributed by atoms with Crippen LogP contribution in [0.15, 0.2) is 21.8 Å². The van der Waals surface area contributed by atoms with Gasteiger partial charge in [0.15, 0.2) is 10.8 Å². The number of aromatic nitrogens is 1. The molecular formula is C19H21N5O9S2. The Balaban J connectivity index is 1.82. The van der Waals surface area contributed by atoms with Gasteiger partial charge in [-0.05, 0) is 13.8 Å². The van der Waals surface area contributed by atoms with Gasteiger partial charge in [-0.25, -0.2) is 14.6 Å². The second-order valence-electron chi connectivity index (χ2n) is 7.82. The van der Waals surface area contributed by atoms with Gasteiger partial charge in [-0.2, -0.15) is 0 Å². The van der Waals surface area contributed by atoms with Crippen molar-refractivity contribution in [2.75, 3.05) is 18.1 Å². The molecule has 3 rings (SSSR count). The molecule has 0 unspecified atom stereocenters. The van der Waals surface area contributed by atoms with Crippen LogP contribution in [0.25, 0.3) is 0 Å². The molecule has 1 aromatic heterocycles. The van der Waals surface area contributed by atoms with Crippen LogP contribution in [0.3, 0.4) is 0 Å². The van der Waals surface area contributed by atoms with E-state index in [2.05, 4.69) is 15.5 Å². The second-order valence-corrected chi connectivity index (χ2v) is 9.81. The van der Waals surface area contributed by atoms with Gasteiger partial charge in [-0.1, -0.05) is 5.16 Å². The average molecular weight is 528 g/mol. The van der Waals surface area contributed by atoms with Crippen LogP contribution >= 0.6 is 23.1 Å². The van der Waals surface area contributed by atoms with Crippen LogP contribution in [0.5, 0.6) is 0 Å². The maximum Gasteiger partial charge on any atom is 0.352 e. The van der Waals surface area contributed by atoms with Crippen LogP contribution in [0.1, 0.15) is 26.5 Å². The Bertz CT molecular complexity index is 1160. The lowest BCUT2D eigenvalue weighted by molar-refractivity contribution is -0.161. The molecule has 35 heavy (non-hydrogen) atoms. The summed E-state index contributed by atoms with van der Waals surface area (Å²) in [6.45, 7) is 3.35. The van der Waals surface area contributed by atoms with E-state index in [0.29, 0.717) is 0 Å². The number of anilines is 1. The number of nitrogens with zero attached hydrogens (tertiary/aromatic N) is 3. The number of aliphatic carboxylic acids is 2. The Labute approximate surface area is 206 Å². The molecule has 2 aliphatic rings. The molecule has 16 heteroatoms. The lowest BCUT2D eigenvalue weighted by Crippen LogP contribution is -2.71. The number of fused-ring (bicyclic) bond motifs is 1. The number of β-lactam (4-membered cyclic amide) rings is 1. The molecule has 2 atom stereocenters. The van der Waals surface area contributed by atoms with E-state index >= 15 is 0 Å². The highest BCUT2D eigenvalue weighted by Crippen LogP contribution is 2.40. The van der Waals surface area contributed by atoms with Crippen molar-refractivity contribution < 1.29 is 43.8 Å². The van der Waals surface area contributed by atoms with E-state index in [1.165, 1.54) is 37.9 Å². The molecule has 2 aliphatic heterocycles. The van der Waals surface area contributed by atoms with E-state index in [1.54, 1.807) is 0 Å². The molecule has 2 amide bonds. The largest absolute Gasteiger partial charge is 0.478 e. The second kappa shape index (κ2) is 9.91. The van der Waals surface area contributed by atoms with Gasteiger partial charge in [0, 0.05) is 23.6 Å². The van der Waals surface area contributed by atoms with Gasteiger partial charge in [-0.3, -0.25) is 19.3 Å². The van der Waals surface area contributed by atoms with E-state index < -0.39 is 52.5 Å². The van der Waals surface area contributed by atoms with Crippen LogP contribution < -0.4 is 11.1 Å². The predicted molar refractivity (Wildman–Crippen MR) is 122 cm³/mol. The summed E-state index contributed by atoms with van der Waals surface area (Å²) in [5.74, 6) is -4.76. The van der Waals surface area contributed by atoms with Crippen LogP contribution in [-0.4, -0.2) is 84.9 Å². The number of carbonyl (C=O) groups is 5. The summed E-state index contributed by atoms with van der Waals surface area (Å²) in [7, 11) is 0. The van der Waals surface area contributed by atoms with E-state index in [1.807, 2.05) is 0 Å². The summed E-state index contributed by atoms with van der Waals surface area (Å²) in [6.07, 6.45) is 0. The first-order valence-corrected chi connectivity index (χ1v) is 11.8. The molecule has 5 N–H and O–H groups in total. The number of thioether (sulfide) groups is 1. The molecule has 0 spiro atoms. The first-order chi connectivity index (χ1) is 16.3. The molecule has 3 heterocycles. The van der Waals surface area contributed by atoms with E-state index in [0.717, 1.165) is 16.2 Å². The van der Waals surface area contributed by atoms with Crippen LogP contribution in [0.2, 0.25) is 0 Å². The van der Waals surface area contributed by atoms with Crippen LogP contribution in [0.4, 0.5) is 5.13 Å². The van der Waals surface area contributed by atoms with Gasteiger partial charge in [0.2, 0.25) is 5.60 Å². The lowest BCUT2D eigenvalue weighted by atomic mass is 10.0.